The van der Waals surface area contributed by atoms with E-state index < -0.39 is 12.8 Å². The maximum atomic E-state index is 11.9. The Bertz CT molecular complexity index is 435. The maximum absolute atomic E-state index is 11.9. The van der Waals surface area contributed by atoms with Crippen molar-refractivity contribution >= 4 is 21.8 Å². The number of halogens is 4. The van der Waals surface area contributed by atoms with Crippen molar-refractivity contribution < 1.29 is 23.1 Å². The van der Waals surface area contributed by atoms with Crippen LogP contribution in [0, 0.1) is 0 Å². The number of nitrogens with two attached hydrogens (primary N) is 1. The van der Waals surface area contributed by atoms with E-state index in [9.17, 15) is 13.2 Å². The molecule has 0 bridgehead atoms. The van der Waals surface area contributed by atoms with Crippen LogP contribution in [-0.4, -0.2) is 23.8 Å². The summed E-state index contributed by atoms with van der Waals surface area (Å²) in [4.78, 5) is 0. The van der Waals surface area contributed by atoms with Gasteiger partial charge in [-0.1, -0.05) is 5.16 Å². The molecule has 3 N–H and O–H groups in total. The second-order valence-electron chi connectivity index (χ2n) is 3.03. The maximum Gasteiger partial charge on any atom is 0.422 e. The van der Waals surface area contributed by atoms with Gasteiger partial charge in [-0.05, 0) is 34.1 Å². The monoisotopic (exact) mass is 312 g/mol. The van der Waals surface area contributed by atoms with Gasteiger partial charge in [0.25, 0.3) is 0 Å². The molecule has 0 aliphatic carbocycles. The number of ether oxygens (including phenoxy) is 1. The van der Waals surface area contributed by atoms with Crippen LogP contribution in [0.5, 0.6) is 5.75 Å². The molecule has 0 aliphatic rings. The van der Waals surface area contributed by atoms with Crippen molar-refractivity contribution in [1.29, 1.82) is 0 Å². The van der Waals surface area contributed by atoms with E-state index >= 15 is 0 Å². The number of benzene rings is 1. The third-order valence-corrected chi connectivity index (χ3v) is 2.35. The summed E-state index contributed by atoms with van der Waals surface area (Å²) in [5.74, 6) is -0.120. The number of hydrogen-bond donors (Lipinski definition) is 2. The zero-order valence-corrected chi connectivity index (χ0v) is 9.92. The highest BCUT2D eigenvalue weighted by molar-refractivity contribution is 9.10. The molecule has 0 saturated carbocycles. The minimum absolute atomic E-state index is 0.0248. The summed E-state index contributed by atoms with van der Waals surface area (Å²) in [6, 6.07) is 4.06. The van der Waals surface area contributed by atoms with Crippen molar-refractivity contribution in [3.8, 4) is 5.75 Å². The summed E-state index contributed by atoms with van der Waals surface area (Å²) in [7, 11) is 0. The van der Waals surface area contributed by atoms with Gasteiger partial charge in [0.2, 0.25) is 0 Å². The molecular weight excluding hydrogens is 305 g/mol. The van der Waals surface area contributed by atoms with Crippen LogP contribution in [0.15, 0.2) is 27.8 Å². The van der Waals surface area contributed by atoms with Gasteiger partial charge < -0.3 is 15.7 Å². The molecule has 0 aromatic heterocycles. The largest absolute Gasteiger partial charge is 0.483 e. The van der Waals surface area contributed by atoms with Gasteiger partial charge in [-0.3, -0.25) is 0 Å². The van der Waals surface area contributed by atoms with Crippen LogP contribution in [0.4, 0.5) is 13.2 Å². The van der Waals surface area contributed by atoms with Crippen LogP contribution in [0.1, 0.15) is 5.56 Å². The van der Waals surface area contributed by atoms with E-state index in [1.54, 1.807) is 0 Å². The van der Waals surface area contributed by atoms with E-state index in [1.165, 1.54) is 18.2 Å². The third kappa shape index (κ3) is 4.14. The van der Waals surface area contributed by atoms with E-state index in [0.29, 0.717) is 5.56 Å². The van der Waals surface area contributed by atoms with Crippen LogP contribution in [0.3, 0.4) is 0 Å². The smallest absolute Gasteiger partial charge is 0.422 e. The highest BCUT2D eigenvalue weighted by Gasteiger charge is 2.28. The standard InChI is InChI=1S/C9H8BrF3N2O2/c10-6-3-5(8(14)15-16)1-2-7(6)17-4-9(11,12)13/h1-3,16H,4H2,(H2,14,15). The summed E-state index contributed by atoms with van der Waals surface area (Å²) in [5.41, 5.74) is 5.67. The molecule has 0 radical (unpaired) electrons. The summed E-state index contributed by atoms with van der Waals surface area (Å²) in [6.45, 7) is -1.38. The van der Waals surface area contributed by atoms with Crippen molar-refractivity contribution in [2.75, 3.05) is 6.61 Å². The fourth-order valence-electron chi connectivity index (χ4n) is 0.995. The Balaban J connectivity index is 2.84. The lowest BCUT2D eigenvalue weighted by atomic mass is 10.2. The SMILES string of the molecule is N/C(=N/O)c1ccc(OCC(F)(F)F)c(Br)c1. The van der Waals surface area contributed by atoms with Gasteiger partial charge in [-0.2, -0.15) is 13.2 Å². The molecule has 0 unspecified atom stereocenters. The lowest BCUT2D eigenvalue weighted by molar-refractivity contribution is -0.153. The number of hydrogen-bond acceptors (Lipinski definition) is 3. The van der Waals surface area contributed by atoms with Gasteiger partial charge in [-0.25, -0.2) is 0 Å². The van der Waals surface area contributed by atoms with Gasteiger partial charge >= 0.3 is 6.18 Å². The topological polar surface area (TPSA) is 67.8 Å². The lowest BCUT2D eigenvalue weighted by Crippen LogP contribution is -2.19. The molecule has 4 nitrogen and oxygen atoms in total. The second-order valence-corrected chi connectivity index (χ2v) is 3.89. The number of amidine groups is 1. The molecule has 8 heteroatoms. The number of rotatable bonds is 3. The van der Waals surface area contributed by atoms with Crippen LogP contribution in [-0.2, 0) is 0 Å². The Morgan fingerprint density at radius 1 is 1.47 bits per heavy atom. The fraction of sp³-hybridized carbons (Fsp3) is 0.222. The Kier molecular flexibility index (Phi) is 4.22. The predicted molar refractivity (Wildman–Crippen MR) is 58.2 cm³/mol. The highest BCUT2D eigenvalue weighted by Crippen LogP contribution is 2.27. The summed E-state index contributed by atoms with van der Waals surface area (Å²) >= 11 is 3.03. The molecule has 1 aromatic carbocycles. The molecule has 0 atom stereocenters. The summed E-state index contributed by atoms with van der Waals surface area (Å²) in [6.07, 6.45) is -4.40. The van der Waals surface area contributed by atoms with Crippen LogP contribution in [0.2, 0.25) is 0 Å². The minimum atomic E-state index is -4.40. The van der Waals surface area contributed by atoms with E-state index in [4.69, 9.17) is 10.9 Å². The molecule has 17 heavy (non-hydrogen) atoms. The Labute approximate surface area is 103 Å². The molecule has 1 aromatic rings. The molecule has 1 rings (SSSR count). The van der Waals surface area contributed by atoms with Gasteiger partial charge in [0.05, 0.1) is 4.47 Å². The van der Waals surface area contributed by atoms with Crippen molar-refractivity contribution in [2.45, 2.75) is 6.18 Å². The van der Waals surface area contributed by atoms with Crippen LogP contribution >= 0.6 is 15.9 Å². The molecule has 94 valence electrons. The van der Waals surface area contributed by atoms with Gasteiger partial charge in [-0.15, -0.1) is 0 Å². The van der Waals surface area contributed by atoms with Gasteiger partial charge in [0.15, 0.2) is 12.4 Å². The van der Waals surface area contributed by atoms with E-state index in [-0.39, 0.29) is 16.1 Å². The second kappa shape index (κ2) is 5.26. The predicted octanol–water partition coefficient (Wildman–Crippen LogP) is 2.48. The highest BCUT2D eigenvalue weighted by atomic mass is 79.9. The molecule has 0 spiro atoms. The van der Waals surface area contributed by atoms with Gasteiger partial charge in [0, 0.05) is 5.56 Å². The normalized spacial score (nSPS) is 12.6. The van der Waals surface area contributed by atoms with Crippen molar-refractivity contribution in [3.63, 3.8) is 0 Å². The molecule has 0 fully saturated rings. The van der Waals surface area contributed by atoms with Gasteiger partial charge in [0.1, 0.15) is 5.75 Å². The Morgan fingerprint density at radius 2 is 2.12 bits per heavy atom. The quantitative estimate of drug-likeness (QED) is 0.390. The van der Waals surface area contributed by atoms with Crippen molar-refractivity contribution in [1.82, 2.24) is 0 Å². The number of oxime groups is 1. The third-order valence-electron chi connectivity index (χ3n) is 1.73. The summed E-state index contributed by atoms with van der Waals surface area (Å²) < 4.78 is 40.6. The van der Waals surface area contributed by atoms with E-state index in [1.807, 2.05) is 0 Å². The van der Waals surface area contributed by atoms with Crippen LogP contribution in [0.25, 0.3) is 0 Å². The first kappa shape index (κ1) is 13.6. The Hall–Kier alpha value is -1.44. The van der Waals surface area contributed by atoms with Crippen LogP contribution < -0.4 is 10.5 Å². The van der Waals surface area contributed by atoms with Crippen molar-refractivity contribution in [3.05, 3.63) is 28.2 Å². The average Bonchev–Trinajstić information content (AvgIpc) is 2.25. The molecule has 0 saturated heterocycles. The first-order valence-electron chi connectivity index (χ1n) is 4.30. The Morgan fingerprint density at radius 3 is 2.59 bits per heavy atom. The zero-order valence-electron chi connectivity index (χ0n) is 8.33. The molecule has 0 amide bonds. The molecule has 0 heterocycles. The van der Waals surface area contributed by atoms with E-state index in [0.717, 1.165) is 0 Å². The fourth-order valence-corrected chi connectivity index (χ4v) is 1.49. The van der Waals surface area contributed by atoms with Crippen molar-refractivity contribution in [2.24, 2.45) is 10.9 Å². The first-order chi connectivity index (χ1) is 7.83. The first-order valence-corrected chi connectivity index (χ1v) is 5.10. The average molecular weight is 313 g/mol. The number of alkyl halides is 3. The molecular formula is C9H8BrF3N2O2. The number of nitrogens with zero attached hydrogens (tertiary/aromatic N) is 1. The summed E-state index contributed by atoms with van der Waals surface area (Å²) in [5, 5.41) is 11.2. The lowest BCUT2D eigenvalue weighted by Gasteiger charge is -2.11. The van der Waals surface area contributed by atoms with E-state index in [2.05, 4.69) is 25.8 Å². The minimum Gasteiger partial charge on any atom is -0.483 e. The molecule has 0 aliphatic heterocycles. The zero-order chi connectivity index (χ0) is 13.1.